The van der Waals surface area contributed by atoms with Gasteiger partial charge in [0.1, 0.15) is 0 Å². The summed E-state index contributed by atoms with van der Waals surface area (Å²) in [5.74, 6) is 0. The molecule has 0 bridgehead atoms. The zero-order chi connectivity index (χ0) is 20.9. The average Bonchev–Trinajstić information content (AvgIpc) is 2.80. The van der Waals surface area contributed by atoms with Crippen molar-refractivity contribution in [2.75, 3.05) is 0 Å². The summed E-state index contributed by atoms with van der Waals surface area (Å²) in [6.07, 6.45) is 0.932. The second-order valence-corrected chi connectivity index (χ2v) is 7.97. The molecule has 0 N–H and O–H groups in total. The van der Waals surface area contributed by atoms with E-state index < -0.39 is 0 Å². The molecule has 31 heavy (non-hydrogen) atoms. The quantitative estimate of drug-likeness (QED) is 0.236. The second kappa shape index (κ2) is 6.71. The van der Waals surface area contributed by atoms with E-state index in [4.69, 9.17) is 9.97 Å². The SMILES string of the molecule is Cc1cc2cc3ccccc3nc2cc1-c1cc2nc3ccccc3cc2cc1C=O. The lowest BCUT2D eigenvalue weighted by Gasteiger charge is -2.13. The minimum atomic E-state index is 0.660. The Morgan fingerprint density at radius 1 is 0.581 bits per heavy atom. The van der Waals surface area contributed by atoms with Gasteiger partial charge in [-0.15, -0.1) is 0 Å². The zero-order valence-electron chi connectivity index (χ0n) is 17.0. The first-order valence-electron chi connectivity index (χ1n) is 10.3. The maximum atomic E-state index is 12.0. The molecule has 146 valence electrons. The van der Waals surface area contributed by atoms with E-state index in [-0.39, 0.29) is 0 Å². The highest BCUT2D eigenvalue weighted by molar-refractivity contribution is 6.02. The van der Waals surface area contributed by atoms with E-state index in [0.29, 0.717) is 5.56 Å². The van der Waals surface area contributed by atoms with Crippen molar-refractivity contribution in [3.8, 4) is 11.1 Å². The van der Waals surface area contributed by atoms with Gasteiger partial charge in [0.05, 0.1) is 22.1 Å². The van der Waals surface area contributed by atoms with Gasteiger partial charge >= 0.3 is 0 Å². The number of aromatic nitrogens is 2. The number of hydrogen-bond acceptors (Lipinski definition) is 3. The fourth-order valence-corrected chi connectivity index (χ4v) is 4.40. The molecule has 3 heteroatoms. The first-order chi connectivity index (χ1) is 15.2. The van der Waals surface area contributed by atoms with Crippen LogP contribution in [0.4, 0.5) is 0 Å². The summed E-state index contributed by atoms with van der Waals surface area (Å²) in [5, 5.41) is 4.25. The normalized spacial score (nSPS) is 11.5. The molecule has 6 rings (SSSR count). The van der Waals surface area contributed by atoms with Crippen LogP contribution >= 0.6 is 0 Å². The number of benzene rings is 4. The van der Waals surface area contributed by atoms with Gasteiger partial charge in [-0.2, -0.15) is 0 Å². The van der Waals surface area contributed by atoms with Crippen molar-refractivity contribution in [1.29, 1.82) is 0 Å². The maximum absolute atomic E-state index is 12.0. The smallest absolute Gasteiger partial charge is 0.150 e. The Balaban J connectivity index is 1.63. The largest absolute Gasteiger partial charge is 0.298 e. The highest BCUT2D eigenvalue weighted by Gasteiger charge is 2.13. The van der Waals surface area contributed by atoms with Gasteiger partial charge in [-0.25, -0.2) is 9.97 Å². The predicted molar refractivity (Wildman–Crippen MR) is 128 cm³/mol. The number of carbonyl (C=O) groups excluding carboxylic acids is 1. The number of para-hydroxylation sites is 2. The van der Waals surface area contributed by atoms with Crippen LogP contribution in [0.5, 0.6) is 0 Å². The standard InChI is InChI=1S/C28H18N2O/c1-17-10-20-11-18-6-2-4-8-25(18)29-27(20)14-23(17)24-15-28-21(13-22(24)16-31)12-19-7-3-5-9-26(19)30-28/h2-16H,1H3. The number of aryl methyl sites for hydroxylation is 1. The Hall–Kier alpha value is -4.11. The van der Waals surface area contributed by atoms with Crippen LogP contribution in [-0.4, -0.2) is 16.3 Å². The number of nitrogens with zero attached hydrogens (tertiary/aromatic N) is 2. The molecule has 0 saturated carbocycles. The van der Waals surface area contributed by atoms with Gasteiger partial charge in [0, 0.05) is 27.1 Å². The molecule has 0 fully saturated rings. The molecular weight excluding hydrogens is 380 g/mol. The molecule has 0 saturated heterocycles. The topological polar surface area (TPSA) is 42.9 Å². The molecule has 0 aliphatic rings. The summed E-state index contributed by atoms with van der Waals surface area (Å²) in [6.45, 7) is 2.08. The van der Waals surface area contributed by atoms with Crippen LogP contribution in [-0.2, 0) is 0 Å². The number of hydrogen-bond donors (Lipinski definition) is 0. The molecule has 0 radical (unpaired) electrons. The maximum Gasteiger partial charge on any atom is 0.150 e. The fraction of sp³-hybridized carbons (Fsp3) is 0.0357. The number of rotatable bonds is 2. The van der Waals surface area contributed by atoms with Crippen molar-refractivity contribution in [3.05, 3.63) is 96.1 Å². The Morgan fingerprint density at radius 2 is 1.13 bits per heavy atom. The number of pyridine rings is 2. The molecule has 2 aromatic heterocycles. The van der Waals surface area contributed by atoms with Gasteiger partial charge in [-0.1, -0.05) is 36.4 Å². The molecular formula is C28H18N2O. The van der Waals surface area contributed by atoms with E-state index in [0.717, 1.165) is 66.6 Å². The second-order valence-electron chi connectivity index (χ2n) is 7.97. The summed E-state index contributed by atoms with van der Waals surface area (Å²) in [5.41, 5.74) is 7.37. The van der Waals surface area contributed by atoms with Gasteiger partial charge in [-0.05, 0) is 72.1 Å². The minimum absolute atomic E-state index is 0.660. The third-order valence-electron chi connectivity index (χ3n) is 5.97. The third kappa shape index (κ3) is 2.86. The summed E-state index contributed by atoms with van der Waals surface area (Å²) < 4.78 is 0. The van der Waals surface area contributed by atoms with E-state index >= 15 is 0 Å². The molecule has 3 nitrogen and oxygen atoms in total. The molecule has 0 amide bonds. The monoisotopic (exact) mass is 398 g/mol. The number of aldehydes is 1. The first kappa shape index (κ1) is 17.7. The third-order valence-corrected chi connectivity index (χ3v) is 5.97. The van der Waals surface area contributed by atoms with Crippen LogP contribution in [0.1, 0.15) is 15.9 Å². The Labute approximate surface area is 179 Å². The summed E-state index contributed by atoms with van der Waals surface area (Å²) in [6, 6.07) is 28.6. The van der Waals surface area contributed by atoms with Gasteiger partial charge in [0.25, 0.3) is 0 Å². The summed E-state index contributed by atoms with van der Waals surface area (Å²) in [4.78, 5) is 21.7. The Morgan fingerprint density at radius 3 is 1.74 bits per heavy atom. The van der Waals surface area contributed by atoms with Gasteiger partial charge < -0.3 is 0 Å². The highest BCUT2D eigenvalue weighted by Crippen LogP contribution is 2.34. The van der Waals surface area contributed by atoms with Crippen molar-refractivity contribution in [1.82, 2.24) is 9.97 Å². The summed E-state index contributed by atoms with van der Waals surface area (Å²) >= 11 is 0. The zero-order valence-corrected chi connectivity index (χ0v) is 17.0. The predicted octanol–water partition coefficient (Wildman–Crippen LogP) is 6.88. The van der Waals surface area contributed by atoms with Crippen molar-refractivity contribution in [3.63, 3.8) is 0 Å². The lowest BCUT2D eigenvalue weighted by Crippen LogP contribution is -1.94. The molecule has 6 aromatic rings. The van der Waals surface area contributed by atoms with E-state index in [1.54, 1.807) is 0 Å². The van der Waals surface area contributed by atoms with Crippen molar-refractivity contribution >= 4 is 49.9 Å². The van der Waals surface area contributed by atoms with Crippen molar-refractivity contribution in [2.24, 2.45) is 0 Å². The van der Waals surface area contributed by atoms with E-state index in [1.165, 1.54) is 0 Å². The Kier molecular flexibility index (Phi) is 3.84. The van der Waals surface area contributed by atoms with Crippen LogP contribution in [0.3, 0.4) is 0 Å². The van der Waals surface area contributed by atoms with Crippen LogP contribution in [0.25, 0.3) is 54.7 Å². The molecule has 0 aliphatic carbocycles. The van der Waals surface area contributed by atoms with Crippen LogP contribution < -0.4 is 0 Å². The van der Waals surface area contributed by atoms with Crippen LogP contribution in [0.15, 0.2) is 84.9 Å². The minimum Gasteiger partial charge on any atom is -0.298 e. The van der Waals surface area contributed by atoms with Crippen molar-refractivity contribution < 1.29 is 4.79 Å². The number of fused-ring (bicyclic) bond motifs is 4. The van der Waals surface area contributed by atoms with Crippen LogP contribution in [0, 0.1) is 6.92 Å². The van der Waals surface area contributed by atoms with E-state index in [1.807, 2.05) is 54.6 Å². The van der Waals surface area contributed by atoms with Gasteiger partial charge in [-0.3, -0.25) is 4.79 Å². The molecule has 0 atom stereocenters. The van der Waals surface area contributed by atoms with Crippen LogP contribution in [0.2, 0.25) is 0 Å². The van der Waals surface area contributed by atoms with Gasteiger partial charge in [0.15, 0.2) is 6.29 Å². The molecule has 0 aliphatic heterocycles. The van der Waals surface area contributed by atoms with Crippen molar-refractivity contribution in [2.45, 2.75) is 6.92 Å². The first-order valence-corrected chi connectivity index (χ1v) is 10.3. The summed E-state index contributed by atoms with van der Waals surface area (Å²) in [7, 11) is 0. The van der Waals surface area contributed by atoms with E-state index in [2.05, 4.69) is 37.3 Å². The number of carbonyl (C=O) groups is 1. The lowest BCUT2D eigenvalue weighted by atomic mass is 9.93. The Bertz CT molecular complexity index is 1670. The fourth-order valence-electron chi connectivity index (χ4n) is 4.40. The highest BCUT2D eigenvalue weighted by atomic mass is 16.1. The molecule has 2 heterocycles. The average molecular weight is 398 g/mol. The molecule has 0 unspecified atom stereocenters. The molecule has 4 aromatic carbocycles. The van der Waals surface area contributed by atoms with Gasteiger partial charge in [0.2, 0.25) is 0 Å². The van der Waals surface area contributed by atoms with E-state index in [9.17, 15) is 4.79 Å². The lowest BCUT2D eigenvalue weighted by molar-refractivity contribution is 0.112. The molecule has 0 spiro atoms.